The summed E-state index contributed by atoms with van der Waals surface area (Å²) in [6.07, 6.45) is 1.96. The molecule has 1 aliphatic heterocycles. The number of fused-ring (bicyclic) bond motifs is 1. The molecular weight excluding hydrogens is 722 g/mol. The third kappa shape index (κ3) is 6.79. The predicted octanol–water partition coefficient (Wildman–Crippen LogP) is 8.47. The number of benzene rings is 4. The average molecular weight is 759 g/mol. The van der Waals surface area contributed by atoms with Gasteiger partial charge in [0.25, 0.3) is 5.56 Å². The van der Waals surface area contributed by atoms with Crippen LogP contribution >= 0.6 is 27.3 Å². The topological polar surface area (TPSA) is 74.8 Å². The first-order chi connectivity index (χ1) is 24.7. The summed E-state index contributed by atoms with van der Waals surface area (Å²) in [5.41, 5.74) is 7.21. The van der Waals surface area contributed by atoms with Crippen molar-refractivity contribution in [3.8, 4) is 34.0 Å². The second kappa shape index (κ2) is 14.5. The van der Waals surface area contributed by atoms with Gasteiger partial charge in [-0.05, 0) is 92.9 Å². The number of ether oxygens (including phenoxy) is 2. The molecule has 0 radical (unpaired) electrons. The van der Waals surface area contributed by atoms with Crippen LogP contribution < -0.4 is 19.6 Å². The van der Waals surface area contributed by atoms with E-state index in [1.807, 2.05) is 92.7 Å². The number of esters is 1. The molecule has 0 bridgehead atoms. The number of thiazole rings is 1. The van der Waals surface area contributed by atoms with Crippen LogP contribution in [-0.4, -0.2) is 27.8 Å². The van der Waals surface area contributed by atoms with E-state index in [4.69, 9.17) is 14.5 Å². The molecule has 51 heavy (non-hydrogen) atoms. The van der Waals surface area contributed by atoms with Crippen molar-refractivity contribution in [3.63, 3.8) is 0 Å². The van der Waals surface area contributed by atoms with Crippen LogP contribution in [0.5, 0.6) is 5.75 Å². The number of rotatable bonds is 9. The Hall–Kier alpha value is -5.25. The van der Waals surface area contributed by atoms with Crippen molar-refractivity contribution in [1.29, 1.82) is 0 Å². The van der Waals surface area contributed by atoms with Gasteiger partial charge in [0.2, 0.25) is 0 Å². The van der Waals surface area contributed by atoms with Crippen LogP contribution in [0.1, 0.15) is 44.9 Å². The Balaban J connectivity index is 1.47. The molecule has 1 atom stereocenters. The molecule has 1 aliphatic rings. The summed E-state index contributed by atoms with van der Waals surface area (Å²) in [4.78, 5) is 33.4. The van der Waals surface area contributed by atoms with Crippen molar-refractivity contribution in [2.24, 2.45) is 4.99 Å². The minimum absolute atomic E-state index is 0.00701. The standard InChI is InChI=1S/C42H36BrN3O4S/c1-5-49-41(48)37-27(4)44-42-46(39(37)30-16-22-34(23-17-30)50-26(2)3)40(47)36(51-42)25-31-24-35(28-12-8-6-9-13-28)45(33-20-18-32(43)19-21-33)38(31)29-14-10-7-11-15-29/h6-26,39H,5H2,1-4H3/b36-25-/t39-/m1/s1. The molecule has 4 aromatic carbocycles. The molecule has 0 N–H and O–H groups in total. The van der Waals surface area contributed by atoms with Gasteiger partial charge in [0, 0.05) is 15.7 Å². The third-order valence-corrected chi connectivity index (χ3v) is 10.1. The van der Waals surface area contributed by atoms with Crippen LogP contribution in [0.25, 0.3) is 34.3 Å². The van der Waals surface area contributed by atoms with Gasteiger partial charge in [0.15, 0.2) is 4.80 Å². The largest absolute Gasteiger partial charge is 0.491 e. The highest BCUT2D eigenvalue weighted by Crippen LogP contribution is 2.37. The number of allylic oxidation sites excluding steroid dienone is 1. The maximum Gasteiger partial charge on any atom is 0.338 e. The molecular formula is C42H36BrN3O4S. The molecule has 0 spiro atoms. The minimum atomic E-state index is -0.726. The van der Waals surface area contributed by atoms with Gasteiger partial charge in [0.05, 0.1) is 45.9 Å². The van der Waals surface area contributed by atoms with Crippen molar-refractivity contribution in [3.05, 3.63) is 162 Å². The Morgan fingerprint density at radius 2 is 1.57 bits per heavy atom. The van der Waals surface area contributed by atoms with E-state index in [9.17, 15) is 9.59 Å². The van der Waals surface area contributed by atoms with Gasteiger partial charge in [0.1, 0.15) is 5.75 Å². The van der Waals surface area contributed by atoms with Gasteiger partial charge < -0.3 is 14.0 Å². The molecule has 0 saturated carbocycles. The quantitative estimate of drug-likeness (QED) is 0.139. The number of carbonyl (C=O) groups excluding carboxylic acids is 1. The molecule has 2 aromatic heterocycles. The van der Waals surface area contributed by atoms with Crippen LogP contribution in [0.15, 0.2) is 141 Å². The highest BCUT2D eigenvalue weighted by molar-refractivity contribution is 9.10. The van der Waals surface area contributed by atoms with Gasteiger partial charge in [-0.25, -0.2) is 9.79 Å². The highest BCUT2D eigenvalue weighted by Gasteiger charge is 2.33. The van der Waals surface area contributed by atoms with E-state index in [1.54, 1.807) is 18.4 Å². The van der Waals surface area contributed by atoms with E-state index < -0.39 is 12.0 Å². The lowest BCUT2D eigenvalue weighted by molar-refractivity contribution is -0.139. The summed E-state index contributed by atoms with van der Waals surface area (Å²) in [7, 11) is 0. The number of carbonyl (C=O) groups is 1. The Morgan fingerprint density at radius 1 is 0.922 bits per heavy atom. The molecule has 9 heteroatoms. The fraction of sp³-hybridized carbons (Fsp3) is 0.167. The summed E-state index contributed by atoms with van der Waals surface area (Å²) in [5.74, 6) is 0.212. The van der Waals surface area contributed by atoms with Crippen molar-refractivity contribution < 1.29 is 14.3 Å². The van der Waals surface area contributed by atoms with Gasteiger partial charge in [-0.2, -0.15) is 0 Å². The maximum absolute atomic E-state index is 14.6. The van der Waals surface area contributed by atoms with Crippen LogP contribution in [0.4, 0.5) is 0 Å². The lowest BCUT2D eigenvalue weighted by atomic mass is 9.96. The summed E-state index contributed by atoms with van der Waals surface area (Å²) in [6.45, 7) is 7.70. The second-order valence-electron chi connectivity index (χ2n) is 12.4. The number of hydrogen-bond acceptors (Lipinski definition) is 6. The predicted molar refractivity (Wildman–Crippen MR) is 207 cm³/mol. The van der Waals surface area contributed by atoms with Gasteiger partial charge in [-0.3, -0.25) is 9.36 Å². The molecule has 0 aliphatic carbocycles. The van der Waals surface area contributed by atoms with Gasteiger partial charge in [-0.1, -0.05) is 100 Å². The van der Waals surface area contributed by atoms with E-state index in [2.05, 4.69) is 63.0 Å². The van der Waals surface area contributed by atoms with Crippen LogP contribution in [-0.2, 0) is 9.53 Å². The highest BCUT2D eigenvalue weighted by atomic mass is 79.9. The second-order valence-corrected chi connectivity index (χ2v) is 14.3. The maximum atomic E-state index is 14.6. The van der Waals surface area contributed by atoms with Crippen LogP contribution in [0.2, 0.25) is 0 Å². The smallest absolute Gasteiger partial charge is 0.338 e. The van der Waals surface area contributed by atoms with E-state index in [0.717, 1.165) is 43.8 Å². The molecule has 0 fully saturated rings. The molecule has 0 unspecified atom stereocenters. The Bertz CT molecular complexity index is 2430. The number of aromatic nitrogens is 2. The van der Waals surface area contributed by atoms with E-state index in [0.29, 0.717) is 26.4 Å². The average Bonchev–Trinajstić information content (AvgIpc) is 3.65. The Labute approximate surface area is 308 Å². The Morgan fingerprint density at radius 3 is 2.20 bits per heavy atom. The summed E-state index contributed by atoms with van der Waals surface area (Å²) >= 11 is 4.90. The van der Waals surface area contributed by atoms with Crippen LogP contribution in [0, 0.1) is 0 Å². The fourth-order valence-corrected chi connectivity index (χ4v) is 7.76. The normalized spacial score (nSPS) is 14.4. The molecule has 0 amide bonds. The zero-order chi connectivity index (χ0) is 35.6. The van der Waals surface area contributed by atoms with Crippen molar-refractivity contribution in [2.45, 2.75) is 39.8 Å². The zero-order valence-corrected chi connectivity index (χ0v) is 31.1. The van der Waals surface area contributed by atoms with Crippen molar-refractivity contribution >= 4 is 39.3 Å². The summed E-state index contributed by atoms with van der Waals surface area (Å²) in [5, 5.41) is 0. The van der Waals surface area contributed by atoms with Crippen molar-refractivity contribution in [2.75, 3.05) is 6.61 Å². The summed E-state index contributed by atoms with van der Waals surface area (Å²) in [6, 6.07) is 37.6. The third-order valence-electron chi connectivity index (χ3n) is 8.60. The number of hydrogen-bond donors (Lipinski definition) is 0. The van der Waals surface area contributed by atoms with Crippen molar-refractivity contribution in [1.82, 2.24) is 9.13 Å². The van der Waals surface area contributed by atoms with E-state index in [-0.39, 0.29) is 18.3 Å². The zero-order valence-electron chi connectivity index (χ0n) is 28.7. The minimum Gasteiger partial charge on any atom is -0.491 e. The molecule has 7 rings (SSSR count). The fourth-order valence-electron chi connectivity index (χ4n) is 6.46. The number of halogens is 1. The van der Waals surface area contributed by atoms with Gasteiger partial charge >= 0.3 is 5.97 Å². The van der Waals surface area contributed by atoms with Crippen LogP contribution in [0.3, 0.4) is 0 Å². The van der Waals surface area contributed by atoms with E-state index in [1.165, 1.54) is 11.3 Å². The first-order valence-electron chi connectivity index (χ1n) is 16.8. The first kappa shape index (κ1) is 34.2. The monoisotopic (exact) mass is 757 g/mol. The molecule has 7 nitrogen and oxygen atoms in total. The molecule has 0 saturated heterocycles. The lowest BCUT2D eigenvalue weighted by Crippen LogP contribution is -2.39. The summed E-state index contributed by atoms with van der Waals surface area (Å²) < 4.78 is 16.7. The van der Waals surface area contributed by atoms with Gasteiger partial charge in [-0.15, -0.1) is 0 Å². The molecule has 3 heterocycles. The molecule has 6 aromatic rings. The molecule has 256 valence electrons. The SMILES string of the molecule is CCOC(=O)C1=C(C)N=c2s/c(=C\c3cc(-c4ccccc4)n(-c4ccc(Br)cc4)c3-c3ccccc3)c(=O)n2[C@@H]1c1ccc(OC(C)C)cc1. The van der Waals surface area contributed by atoms with E-state index >= 15 is 0 Å². The lowest BCUT2D eigenvalue weighted by Gasteiger charge is -2.25. The first-order valence-corrected chi connectivity index (χ1v) is 18.4. The number of nitrogens with zero attached hydrogens (tertiary/aromatic N) is 3. The Kier molecular flexibility index (Phi) is 9.75.